The molecule has 0 bridgehead atoms. The van der Waals surface area contributed by atoms with Crippen molar-refractivity contribution in [3.63, 3.8) is 0 Å². The van der Waals surface area contributed by atoms with Crippen LogP contribution in [0.25, 0.3) is 11.2 Å². The summed E-state index contributed by atoms with van der Waals surface area (Å²) in [6, 6.07) is 0. The molecule has 13 heteroatoms. The summed E-state index contributed by atoms with van der Waals surface area (Å²) in [7, 11) is 0. The van der Waals surface area contributed by atoms with E-state index in [4.69, 9.17) is 15.9 Å². The van der Waals surface area contributed by atoms with Crippen molar-refractivity contribution in [2.24, 2.45) is 5.92 Å². The second kappa shape index (κ2) is 8.62. The van der Waals surface area contributed by atoms with Gasteiger partial charge in [-0.15, -0.1) is 6.42 Å². The van der Waals surface area contributed by atoms with Crippen LogP contribution in [0, 0.1) is 18.3 Å². The van der Waals surface area contributed by atoms with Gasteiger partial charge < -0.3 is 9.47 Å². The Labute approximate surface area is 179 Å². The van der Waals surface area contributed by atoms with Crippen LogP contribution in [0.15, 0.2) is 11.0 Å². The highest BCUT2D eigenvalue weighted by Crippen LogP contribution is 2.40. The predicted molar refractivity (Wildman–Crippen MR) is 104 cm³/mol. The number of amides is 1. The largest absolute Gasteiger partial charge is 0.458 e. The molecule has 0 radical (unpaired) electrons. The fourth-order valence-electron chi connectivity index (χ4n) is 3.50. The number of carbonyl (C=O) groups excluding carboxylic acids is 2. The molecule has 32 heavy (non-hydrogen) atoms. The predicted octanol–water partition coefficient (Wildman–Crippen LogP) is 1.60. The normalized spacial score (nSPS) is 21.8. The number of anilines is 1. The molecule has 0 aliphatic carbocycles. The van der Waals surface area contributed by atoms with Crippen LogP contribution in [0.5, 0.6) is 0 Å². The quantitative estimate of drug-likeness (QED) is 0.538. The van der Waals surface area contributed by atoms with E-state index in [1.165, 1.54) is 13.1 Å². The van der Waals surface area contributed by atoms with E-state index in [0.29, 0.717) is 0 Å². The number of nitrogens with zero attached hydrogens (tertiary/aromatic N) is 4. The number of rotatable bonds is 5. The van der Waals surface area contributed by atoms with Crippen molar-refractivity contribution in [1.82, 2.24) is 19.1 Å². The zero-order chi connectivity index (χ0) is 23.8. The first-order chi connectivity index (χ1) is 14.9. The fourth-order valence-corrected chi connectivity index (χ4v) is 3.50. The first kappa shape index (κ1) is 23.3. The summed E-state index contributed by atoms with van der Waals surface area (Å²) >= 11 is 0. The number of halogens is 3. The lowest BCUT2D eigenvalue weighted by Gasteiger charge is -2.22. The molecular formula is C19H20F3N5O5. The lowest BCUT2D eigenvalue weighted by Crippen LogP contribution is -2.34. The molecule has 1 saturated heterocycles. The molecule has 2 aromatic rings. The van der Waals surface area contributed by atoms with Gasteiger partial charge in [-0.05, 0) is 0 Å². The number of aromatic nitrogens is 4. The summed E-state index contributed by atoms with van der Waals surface area (Å²) < 4.78 is 52.7. The van der Waals surface area contributed by atoms with Crippen LogP contribution in [0.4, 0.5) is 19.1 Å². The number of terminal acetylenes is 1. The molecule has 3 heterocycles. The highest BCUT2D eigenvalue weighted by Gasteiger charge is 2.50. The number of carbonyl (C=O) groups is 2. The summed E-state index contributed by atoms with van der Waals surface area (Å²) in [5.74, 6) is -0.945. The maximum atomic E-state index is 13.3. The maximum absolute atomic E-state index is 13.3. The molecule has 1 N–H and O–H groups in total. The van der Waals surface area contributed by atoms with Crippen LogP contribution in [0.3, 0.4) is 0 Å². The lowest BCUT2D eigenvalue weighted by atomic mass is 10.0. The van der Waals surface area contributed by atoms with Crippen molar-refractivity contribution in [3.05, 3.63) is 16.7 Å². The summed E-state index contributed by atoms with van der Waals surface area (Å²) in [5, 5.41) is 2.36. The zero-order valence-electron chi connectivity index (χ0n) is 17.3. The molecule has 172 valence electrons. The Kier molecular flexibility index (Phi) is 6.27. The third-order valence-corrected chi connectivity index (χ3v) is 4.99. The Morgan fingerprint density at radius 2 is 2.12 bits per heavy atom. The molecule has 0 saturated carbocycles. The van der Waals surface area contributed by atoms with Crippen molar-refractivity contribution in [2.75, 3.05) is 5.32 Å². The topological polar surface area (TPSA) is 117 Å². The Balaban J connectivity index is 2.16. The van der Waals surface area contributed by atoms with Crippen LogP contribution in [0.2, 0.25) is 0 Å². The summed E-state index contributed by atoms with van der Waals surface area (Å²) in [5.41, 5.74) is -0.624. The molecule has 10 nitrogen and oxygen atoms in total. The first-order valence-corrected chi connectivity index (χ1v) is 9.52. The van der Waals surface area contributed by atoms with Gasteiger partial charge in [0.15, 0.2) is 11.9 Å². The van der Waals surface area contributed by atoms with E-state index in [9.17, 15) is 27.6 Å². The van der Waals surface area contributed by atoms with Gasteiger partial charge in [-0.3, -0.25) is 19.5 Å². The summed E-state index contributed by atoms with van der Waals surface area (Å²) in [6.45, 7) is 3.08. The molecule has 0 aromatic carbocycles. The van der Waals surface area contributed by atoms with Gasteiger partial charge in [-0.25, -0.2) is 14.3 Å². The van der Waals surface area contributed by atoms with E-state index in [2.05, 4.69) is 21.2 Å². The molecule has 1 fully saturated rings. The van der Waals surface area contributed by atoms with Gasteiger partial charge in [0.1, 0.15) is 11.6 Å². The molecule has 1 amide bonds. The van der Waals surface area contributed by atoms with E-state index in [-0.39, 0.29) is 30.1 Å². The Morgan fingerprint density at radius 3 is 2.69 bits per heavy atom. The van der Waals surface area contributed by atoms with Crippen LogP contribution in [-0.4, -0.2) is 49.4 Å². The fraction of sp³-hybridized carbons (Fsp3) is 0.526. The highest BCUT2D eigenvalue weighted by molar-refractivity contribution is 5.87. The second-order valence-corrected chi connectivity index (χ2v) is 7.31. The van der Waals surface area contributed by atoms with Gasteiger partial charge in [0, 0.05) is 20.3 Å². The Bertz CT molecular complexity index is 1150. The van der Waals surface area contributed by atoms with Crippen LogP contribution < -0.4 is 11.0 Å². The zero-order valence-corrected chi connectivity index (χ0v) is 17.3. The number of ether oxygens (including phenoxy) is 2. The molecule has 4 atom stereocenters. The average Bonchev–Trinajstić information content (AvgIpc) is 3.18. The van der Waals surface area contributed by atoms with Crippen LogP contribution in [0.1, 0.15) is 33.4 Å². The van der Waals surface area contributed by atoms with Gasteiger partial charge in [-0.1, -0.05) is 12.8 Å². The van der Waals surface area contributed by atoms with E-state index in [1.807, 2.05) is 0 Å². The molecule has 3 rings (SSSR count). The third-order valence-electron chi connectivity index (χ3n) is 4.99. The maximum Gasteiger partial charge on any atom is 0.394 e. The van der Waals surface area contributed by atoms with E-state index >= 15 is 0 Å². The number of alkyl halides is 3. The van der Waals surface area contributed by atoms with Gasteiger partial charge in [0.2, 0.25) is 11.9 Å². The van der Waals surface area contributed by atoms with Crippen molar-refractivity contribution < 1.29 is 32.2 Å². The first-order valence-electron chi connectivity index (χ1n) is 9.52. The molecular weight excluding hydrogens is 435 g/mol. The lowest BCUT2D eigenvalue weighted by molar-refractivity contribution is -0.203. The van der Waals surface area contributed by atoms with E-state index in [0.717, 1.165) is 23.0 Å². The van der Waals surface area contributed by atoms with E-state index < -0.39 is 48.1 Å². The molecule has 1 aliphatic heterocycles. The van der Waals surface area contributed by atoms with Gasteiger partial charge >= 0.3 is 17.8 Å². The molecule has 0 unspecified atom stereocenters. The average molecular weight is 455 g/mol. The summed E-state index contributed by atoms with van der Waals surface area (Å²) in [6.07, 6.45) is -2.24. The van der Waals surface area contributed by atoms with Gasteiger partial charge in [-0.2, -0.15) is 18.2 Å². The molecule has 1 aliphatic rings. The SMILES string of the molecule is C#CCn1c(=O)n([C@@H]2O[C@H]([C@H](C)C(F)(F)F)C[C@H]2OC(C)=O)c2nc(NC(C)=O)ncc21. The smallest absolute Gasteiger partial charge is 0.394 e. The van der Waals surface area contributed by atoms with Crippen molar-refractivity contribution >= 4 is 29.0 Å². The standard InChI is InChI=1S/C19H20F3N5O5/c1-5-6-26-12-8-23-17(24-10(3)28)25-15(12)27(18(26)30)16-14(31-11(4)29)7-13(32-16)9(2)19(20,21)22/h1,8-9,13-14,16H,6-7H2,2-4H3,(H,23,24,25,28)/t9-,13-,14+,16+/m0/s1. The minimum Gasteiger partial charge on any atom is -0.458 e. The minimum atomic E-state index is -4.57. The number of nitrogens with one attached hydrogen (secondary N) is 1. The van der Waals surface area contributed by atoms with Crippen molar-refractivity contribution in [1.29, 1.82) is 0 Å². The monoisotopic (exact) mass is 455 g/mol. The molecule has 2 aromatic heterocycles. The van der Waals surface area contributed by atoms with E-state index in [1.54, 1.807) is 0 Å². The highest BCUT2D eigenvalue weighted by atomic mass is 19.4. The second-order valence-electron chi connectivity index (χ2n) is 7.31. The number of fused-ring (bicyclic) bond motifs is 1. The minimum absolute atomic E-state index is 0.0496. The number of esters is 1. The van der Waals surface area contributed by atoms with Crippen molar-refractivity contribution in [3.8, 4) is 12.3 Å². The van der Waals surface area contributed by atoms with Crippen LogP contribution >= 0.6 is 0 Å². The summed E-state index contributed by atoms with van der Waals surface area (Å²) in [4.78, 5) is 44.2. The van der Waals surface area contributed by atoms with Crippen LogP contribution in [-0.2, 0) is 25.6 Å². The number of hydrogen-bond donors (Lipinski definition) is 1. The van der Waals surface area contributed by atoms with Gasteiger partial charge in [0.05, 0.1) is 24.8 Å². The Morgan fingerprint density at radius 1 is 1.44 bits per heavy atom. The number of hydrogen-bond acceptors (Lipinski definition) is 7. The Hall–Kier alpha value is -3.40. The number of imidazole rings is 1. The van der Waals surface area contributed by atoms with Gasteiger partial charge in [0.25, 0.3) is 0 Å². The molecule has 0 spiro atoms. The van der Waals surface area contributed by atoms with Crippen molar-refractivity contribution in [2.45, 2.75) is 58.3 Å². The third kappa shape index (κ3) is 4.45.